The van der Waals surface area contributed by atoms with Crippen molar-refractivity contribution in [3.63, 3.8) is 0 Å². The number of hydrogen-bond donors (Lipinski definition) is 0. The van der Waals surface area contributed by atoms with E-state index in [1.165, 1.54) is 6.42 Å². The second kappa shape index (κ2) is 5.12. The van der Waals surface area contributed by atoms with Crippen molar-refractivity contribution >= 4 is 0 Å². The van der Waals surface area contributed by atoms with Gasteiger partial charge in [0.1, 0.15) is 19.0 Å². The molecule has 1 fully saturated rings. The molecule has 2 atom stereocenters. The van der Waals surface area contributed by atoms with E-state index in [1.54, 1.807) is 6.08 Å². The van der Waals surface area contributed by atoms with Crippen LogP contribution < -0.4 is 0 Å². The van der Waals surface area contributed by atoms with Crippen LogP contribution in [0.4, 0.5) is 0 Å². The molecule has 0 spiro atoms. The van der Waals surface area contributed by atoms with Gasteiger partial charge in [-0.15, -0.1) is 6.58 Å². The Hall–Kier alpha value is -0.600. The topological polar surface area (TPSA) is 18.5 Å². The van der Waals surface area contributed by atoms with Crippen LogP contribution in [0, 0.1) is 0 Å². The van der Waals surface area contributed by atoms with Gasteiger partial charge in [0.2, 0.25) is 0 Å². The molecule has 1 saturated heterocycles. The average molecular weight is 168 g/mol. The Kier molecular flexibility index (Phi) is 4.05. The van der Waals surface area contributed by atoms with Crippen molar-refractivity contribution in [3.8, 4) is 0 Å². The fraction of sp³-hybridized carbons (Fsp3) is 0.600. The third-order valence-electron chi connectivity index (χ3n) is 1.86. The van der Waals surface area contributed by atoms with Gasteiger partial charge in [-0.3, -0.25) is 0 Å². The molecule has 2 nitrogen and oxygen atoms in total. The second-order valence-corrected chi connectivity index (χ2v) is 2.83. The summed E-state index contributed by atoms with van der Waals surface area (Å²) >= 11 is 0. The van der Waals surface area contributed by atoms with Crippen LogP contribution in [0.2, 0.25) is 0 Å². The molecule has 0 amide bonds. The molecule has 0 radical (unpaired) electrons. The van der Waals surface area contributed by atoms with E-state index in [-0.39, 0.29) is 12.2 Å². The van der Waals surface area contributed by atoms with Crippen LogP contribution in [0.5, 0.6) is 0 Å². The predicted molar refractivity (Wildman–Crippen MR) is 48.9 cm³/mol. The molecule has 0 bridgehead atoms. The quantitative estimate of drug-likeness (QED) is 0.599. The number of hydrogen-bond acceptors (Lipinski definition) is 2. The molecule has 2 unspecified atom stereocenters. The van der Waals surface area contributed by atoms with Crippen molar-refractivity contribution in [2.75, 3.05) is 6.79 Å². The molecule has 0 aromatic carbocycles. The molecule has 0 aromatic heterocycles. The van der Waals surface area contributed by atoms with E-state index in [1.807, 2.05) is 0 Å². The van der Waals surface area contributed by atoms with E-state index in [4.69, 9.17) is 9.47 Å². The van der Waals surface area contributed by atoms with E-state index in [9.17, 15) is 0 Å². The molecular formula is C10H16O2. The zero-order valence-corrected chi connectivity index (χ0v) is 7.53. The highest BCUT2D eigenvalue weighted by Gasteiger charge is 2.23. The predicted octanol–water partition coefficient (Wildman–Crippen LogP) is 2.27. The van der Waals surface area contributed by atoms with E-state index < -0.39 is 0 Å². The van der Waals surface area contributed by atoms with Gasteiger partial charge >= 0.3 is 0 Å². The lowest BCUT2D eigenvalue weighted by molar-refractivity contribution is 0.0501. The van der Waals surface area contributed by atoms with Gasteiger partial charge in [-0.1, -0.05) is 31.6 Å². The average Bonchev–Trinajstić information content (AvgIpc) is 2.52. The maximum Gasteiger partial charge on any atom is 0.148 e. The lowest BCUT2D eigenvalue weighted by atomic mass is 10.2. The van der Waals surface area contributed by atoms with Crippen molar-refractivity contribution in [2.45, 2.75) is 32.0 Å². The van der Waals surface area contributed by atoms with Gasteiger partial charge in [-0.05, 0) is 6.42 Å². The minimum atomic E-state index is 0.0399. The third-order valence-corrected chi connectivity index (χ3v) is 1.86. The van der Waals surface area contributed by atoms with Gasteiger partial charge < -0.3 is 9.47 Å². The summed E-state index contributed by atoms with van der Waals surface area (Å²) in [6.07, 6.45) is 8.37. The molecule has 2 heteroatoms. The molecule has 12 heavy (non-hydrogen) atoms. The Balaban J connectivity index is 2.34. The number of rotatable bonds is 4. The third kappa shape index (κ3) is 2.47. The largest absolute Gasteiger partial charge is 0.345 e. The Labute approximate surface area is 73.9 Å². The Morgan fingerprint density at radius 1 is 1.42 bits per heavy atom. The molecule has 0 aliphatic carbocycles. The molecule has 0 N–H and O–H groups in total. The van der Waals surface area contributed by atoms with Gasteiger partial charge in [0.05, 0.1) is 0 Å². The first-order chi connectivity index (χ1) is 5.88. The van der Waals surface area contributed by atoms with Crippen LogP contribution in [0.3, 0.4) is 0 Å². The molecule has 1 rings (SSSR count). The van der Waals surface area contributed by atoms with Gasteiger partial charge in [0.15, 0.2) is 0 Å². The standard InChI is InChI=1S/C10H16O2/c1-3-5-6-7-10-9(4-2)11-8-12-10/h4,6-7,9-10H,2-3,5,8H2,1H3/b7-6+. The molecule has 68 valence electrons. The Bertz CT molecular complexity index is 163. The molecular weight excluding hydrogens is 152 g/mol. The van der Waals surface area contributed by atoms with E-state index in [0.717, 1.165) is 6.42 Å². The Morgan fingerprint density at radius 2 is 2.17 bits per heavy atom. The molecule has 1 heterocycles. The van der Waals surface area contributed by atoms with Crippen LogP contribution >= 0.6 is 0 Å². The molecule has 1 aliphatic rings. The van der Waals surface area contributed by atoms with Crippen molar-refractivity contribution in [1.82, 2.24) is 0 Å². The summed E-state index contributed by atoms with van der Waals surface area (Å²) in [4.78, 5) is 0. The minimum absolute atomic E-state index is 0.0399. The van der Waals surface area contributed by atoms with Gasteiger partial charge in [-0.2, -0.15) is 0 Å². The number of unbranched alkanes of at least 4 members (excludes halogenated alkanes) is 1. The number of allylic oxidation sites excluding steroid dienone is 1. The first kappa shape index (κ1) is 9.49. The van der Waals surface area contributed by atoms with Crippen molar-refractivity contribution in [1.29, 1.82) is 0 Å². The highest BCUT2D eigenvalue weighted by Crippen LogP contribution is 2.15. The molecule has 0 aromatic rings. The summed E-state index contributed by atoms with van der Waals surface area (Å²) in [5, 5.41) is 0. The first-order valence-electron chi connectivity index (χ1n) is 4.41. The normalized spacial score (nSPS) is 29.8. The summed E-state index contributed by atoms with van der Waals surface area (Å²) in [7, 11) is 0. The zero-order valence-electron chi connectivity index (χ0n) is 7.53. The van der Waals surface area contributed by atoms with Crippen molar-refractivity contribution in [2.24, 2.45) is 0 Å². The SMILES string of the molecule is C=CC1OCOC1/C=C/CCC. The number of ether oxygens (including phenoxy) is 2. The van der Waals surface area contributed by atoms with Crippen LogP contribution in [-0.4, -0.2) is 19.0 Å². The van der Waals surface area contributed by atoms with E-state index in [2.05, 4.69) is 25.7 Å². The summed E-state index contributed by atoms with van der Waals surface area (Å²) in [5.41, 5.74) is 0. The maximum atomic E-state index is 5.32. The van der Waals surface area contributed by atoms with Gasteiger partial charge in [-0.25, -0.2) is 0 Å². The molecule has 1 aliphatic heterocycles. The van der Waals surface area contributed by atoms with Crippen molar-refractivity contribution < 1.29 is 9.47 Å². The Morgan fingerprint density at radius 3 is 2.83 bits per heavy atom. The lowest BCUT2D eigenvalue weighted by Crippen LogP contribution is -2.16. The highest BCUT2D eigenvalue weighted by atomic mass is 16.7. The lowest BCUT2D eigenvalue weighted by Gasteiger charge is -2.07. The molecule has 0 saturated carbocycles. The monoisotopic (exact) mass is 168 g/mol. The minimum Gasteiger partial charge on any atom is -0.345 e. The van der Waals surface area contributed by atoms with Crippen LogP contribution in [0.15, 0.2) is 24.8 Å². The summed E-state index contributed by atoms with van der Waals surface area (Å²) in [6, 6.07) is 0. The van der Waals surface area contributed by atoms with Crippen molar-refractivity contribution in [3.05, 3.63) is 24.8 Å². The van der Waals surface area contributed by atoms with E-state index in [0.29, 0.717) is 6.79 Å². The first-order valence-corrected chi connectivity index (χ1v) is 4.41. The van der Waals surface area contributed by atoms with Crippen LogP contribution in [0.25, 0.3) is 0 Å². The smallest absolute Gasteiger partial charge is 0.148 e. The van der Waals surface area contributed by atoms with Gasteiger partial charge in [0.25, 0.3) is 0 Å². The van der Waals surface area contributed by atoms with Gasteiger partial charge in [0, 0.05) is 0 Å². The fourth-order valence-corrected chi connectivity index (χ4v) is 1.15. The zero-order chi connectivity index (χ0) is 8.81. The van der Waals surface area contributed by atoms with Crippen LogP contribution in [-0.2, 0) is 9.47 Å². The highest BCUT2D eigenvalue weighted by molar-refractivity contribution is 5.01. The summed E-state index contributed by atoms with van der Waals surface area (Å²) in [6.45, 7) is 6.22. The maximum absolute atomic E-state index is 5.32. The van der Waals surface area contributed by atoms with Crippen LogP contribution in [0.1, 0.15) is 19.8 Å². The summed E-state index contributed by atoms with van der Waals surface area (Å²) in [5.74, 6) is 0. The second-order valence-electron chi connectivity index (χ2n) is 2.83. The van der Waals surface area contributed by atoms with E-state index >= 15 is 0 Å². The summed E-state index contributed by atoms with van der Waals surface area (Å²) < 4.78 is 10.6. The fourth-order valence-electron chi connectivity index (χ4n) is 1.15.